The van der Waals surface area contributed by atoms with Gasteiger partial charge in [0.15, 0.2) is 0 Å². The lowest BCUT2D eigenvalue weighted by atomic mass is 10.1. The van der Waals surface area contributed by atoms with Crippen molar-refractivity contribution in [1.82, 2.24) is 9.36 Å². The molecule has 0 bridgehead atoms. The van der Waals surface area contributed by atoms with E-state index >= 15 is 0 Å². The number of anilines is 1. The average Bonchev–Trinajstić information content (AvgIpc) is 3.30. The third-order valence-corrected chi connectivity index (χ3v) is 6.48. The van der Waals surface area contributed by atoms with Gasteiger partial charge in [0, 0.05) is 24.2 Å². The van der Waals surface area contributed by atoms with E-state index in [9.17, 15) is 18.5 Å². The van der Waals surface area contributed by atoms with Crippen LogP contribution in [0.25, 0.3) is 6.08 Å². The Bertz CT molecular complexity index is 1370. The zero-order valence-electron chi connectivity index (χ0n) is 19.4. The minimum absolute atomic E-state index is 0.0122. The van der Waals surface area contributed by atoms with Crippen molar-refractivity contribution in [2.24, 2.45) is 0 Å². The molecule has 0 aliphatic heterocycles. The van der Waals surface area contributed by atoms with Gasteiger partial charge in [0.2, 0.25) is 15.0 Å². The molecule has 3 rings (SSSR count). The molecule has 1 N–H and O–H groups in total. The summed E-state index contributed by atoms with van der Waals surface area (Å²) in [7, 11) is -3.58. The second-order valence-electron chi connectivity index (χ2n) is 7.60. The minimum Gasteiger partial charge on any atom is -0.493 e. The van der Waals surface area contributed by atoms with Gasteiger partial charge in [0.1, 0.15) is 23.1 Å². The first kappa shape index (κ1) is 25.9. The lowest BCUT2D eigenvalue weighted by molar-refractivity contribution is -0.112. The summed E-state index contributed by atoms with van der Waals surface area (Å²) >= 11 is 0.717. The predicted molar refractivity (Wildman–Crippen MR) is 133 cm³/mol. The van der Waals surface area contributed by atoms with E-state index in [4.69, 9.17) is 9.47 Å². The smallest absolute Gasteiger partial charge is 0.268 e. The molecule has 0 aliphatic carbocycles. The fourth-order valence-electron chi connectivity index (χ4n) is 2.86. The Balaban J connectivity index is 1.50. The number of aromatic nitrogens is 2. The van der Waals surface area contributed by atoms with Crippen molar-refractivity contribution in [3.63, 3.8) is 0 Å². The summed E-state index contributed by atoms with van der Waals surface area (Å²) in [5, 5.41) is 11.4. The third kappa shape index (κ3) is 7.37. The lowest BCUT2D eigenvalue weighted by Gasteiger charge is -2.11. The maximum absolute atomic E-state index is 12.4. The summed E-state index contributed by atoms with van der Waals surface area (Å²) < 4.78 is 38.2. The molecule has 0 fully saturated rings. The maximum atomic E-state index is 12.4. The Morgan fingerprint density at radius 1 is 1.14 bits per heavy atom. The van der Waals surface area contributed by atoms with Gasteiger partial charge in [-0.2, -0.15) is 14.6 Å². The minimum atomic E-state index is -3.58. The summed E-state index contributed by atoms with van der Waals surface area (Å²) in [5.41, 5.74) is 2.77. The van der Waals surface area contributed by atoms with Crippen LogP contribution >= 0.6 is 11.5 Å². The van der Waals surface area contributed by atoms with Crippen molar-refractivity contribution < 1.29 is 22.7 Å². The summed E-state index contributed by atoms with van der Waals surface area (Å²) in [5.74, 6) is 0.812. The van der Waals surface area contributed by atoms with Crippen LogP contribution in [-0.2, 0) is 14.6 Å². The number of nitriles is 1. The second kappa shape index (κ2) is 11.6. The van der Waals surface area contributed by atoms with Crippen LogP contribution in [0, 0.1) is 25.2 Å². The van der Waals surface area contributed by atoms with Crippen LogP contribution in [0.2, 0.25) is 0 Å². The number of ether oxygens (including phenoxy) is 2. The van der Waals surface area contributed by atoms with Crippen LogP contribution < -0.4 is 14.8 Å². The predicted octanol–water partition coefficient (Wildman–Crippen LogP) is 3.95. The number of hydrogen-bond acceptors (Lipinski definition) is 9. The number of aryl methyl sites for hydroxylation is 1. The third-order valence-electron chi connectivity index (χ3n) is 4.89. The fourth-order valence-corrected chi connectivity index (χ4v) is 4.30. The molecule has 11 heteroatoms. The number of hydrogen-bond donors (Lipinski definition) is 1. The second-order valence-corrected chi connectivity index (χ2v) is 10.3. The standard InChI is InChI=1S/C24H24N4O5S2/c1-16-6-4-7-21(17(16)2)33-13-5-12-32-20-10-8-18(9-11-20)14-19(15-25)22(29)26-23-27-24(28-34-23)35(3,30)31/h4,6-11,14H,5,12-13H2,1-3H3,(H,26,27,28,29)/b19-14-. The highest BCUT2D eigenvalue weighted by atomic mass is 32.2. The van der Waals surface area contributed by atoms with Crippen molar-refractivity contribution in [2.75, 3.05) is 24.8 Å². The number of nitrogens with zero attached hydrogens (tertiary/aromatic N) is 3. The first-order valence-electron chi connectivity index (χ1n) is 10.6. The topological polar surface area (TPSA) is 131 Å². The number of carbonyl (C=O) groups is 1. The highest BCUT2D eigenvalue weighted by Crippen LogP contribution is 2.21. The van der Waals surface area contributed by atoms with Gasteiger partial charge in [-0.1, -0.05) is 24.3 Å². The number of benzene rings is 2. The summed E-state index contributed by atoms with van der Waals surface area (Å²) in [6, 6.07) is 14.7. The van der Waals surface area contributed by atoms with Crippen molar-refractivity contribution >= 4 is 38.5 Å². The molecular formula is C24H24N4O5S2. The average molecular weight is 513 g/mol. The molecule has 3 aromatic rings. The largest absolute Gasteiger partial charge is 0.493 e. The Kier molecular flexibility index (Phi) is 8.57. The van der Waals surface area contributed by atoms with E-state index in [0.29, 0.717) is 30.9 Å². The van der Waals surface area contributed by atoms with Crippen molar-refractivity contribution in [3.05, 3.63) is 64.7 Å². The number of sulfone groups is 1. The molecule has 0 saturated heterocycles. The normalized spacial score (nSPS) is 11.5. The molecule has 0 saturated carbocycles. The molecule has 0 radical (unpaired) electrons. The Morgan fingerprint density at radius 2 is 1.86 bits per heavy atom. The van der Waals surface area contributed by atoms with Crippen molar-refractivity contribution in [2.45, 2.75) is 25.4 Å². The molecule has 35 heavy (non-hydrogen) atoms. The zero-order valence-corrected chi connectivity index (χ0v) is 21.1. The number of rotatable bonds is 10. The van der Waals surface area contributed by atoms with Gasteiger partial charge < -0.3 is 9.47 Å². The van der Waals surface area contributed by atoms with E-state index in [1.807, 2.05) is 38.1 Å². The van der Waals surface area contributed by atoms with Crippen LogP contribution in [-0.4, -0.2) is 43.2 Å². The van der Waals surface area contributed by atoms with Gasteiger partial charge in [0.05, 0.1) is 13.2 Å². The molecule has 0 unspecified atom stereocenters. The summed E-state index contributed by atoms with van der Waals surface area (Å²) in [6.07, 6.45) is 3.09. The van der Waals surface area contributed by atoms with E-state index < -0.39 is 15.7 Å². The van der Waals surface area contributed by atoms with Crippen molar-refractivity contribution in [3.8, 4) is 17.6 Å². The van der Waals surface area contributed by atoms with Crippen LogP contribution in [0.5, 0.6) is 11.5 Å². The van der Waals surface area contributed by atoms with Crippen LogP contribution in [0.3, 0.4) is 0 Å². The van der Waals surface area contributed by atoms with Gasteiger partial charge in [-0.25, -0.2) is 8.42 Å². The Morgan fingerprint density at radius 3 is 2.51 bits per heavy atom. The fraction of sp³-hybridized carbons (Fsp3) is 0.250. The van der Waals surface area contributed by atoms with Gasteiger partial charge in [0.25, 0.3) is 11.1 Å². The van der Waals surface area contributed by atoms with Gasteiger partial charge in [-0.15, -0.1) is 0 Å². The Labute approximate surface area is 208 Å². The molecule has 0 atom stereocenters. The van der Waals surface area contributed by atoms with Crippen molar-refractivity contribution in [1.29, 1.82) is 5.26 Å². The molecule has 0 spiro atoms. The first-order valence-corrected chi connectivity index (χ1v) is 13.2. The quantitative estimate of drug-likeness (QED) is 0.245. The van der Waals surface area contributed by atoms with E-state index in [2.05, 4.69) is 14.7 Å². The highest BCUT2D eigenvalue weighted by Gasteiger charge is 2.17. The van der Waals surface area contributed by atoms with Crippen LogP contribution in [0.4, 0.5) is 5.13 Å². The highest BCUT2D eigenvalue weighted by molar-refractivity contribution is 7.90. The van der Waals surface area contributed by atoms with E-state index in [1.165, 1.54) is 11.6 Å². The number of carbonyl (C=O) groups excluding carboxylic acids is 1. The SMILES string of the molecule is Cc1cccc(OCCCOc2ccc(/C=C(/C#N)C(=O)Nc3nc(S(C)(=O)=O)ns3)cc2)c1C. The maximum Gasteiger partial charge on any atom is 0.268 e. The molecule has 2 aromatic carbocycles. The van der Waals surface area contributed by atoms with Gasteiger partial charge in [-0.05, 0) is 54.8 Å². The van der Waals surface area contributed by atoms with E-state index in [-0.39, 0.29) is 15.9 Å². The first-order chi connectivity index (χ1) is 16.7. The van der Waals surface area contributed by atoms with E-state index in [0.717, 1.165) is 29.1 Å². The molecule has 1 amide bonds. The monoisotopic (exact) mass is 512 g/mol. The van der Waals surface area contributed by atoms with E-state index in [1.54, 1.807) is 24.3 Å². The molecular weight excluding hydrogens is 488 g/mol. The van der Waals surface area contributed by atoms with Crippen LogP contribution in [0.1, 0.15) is 23.1 Å². The molecule has 9 nitrogen and oxygen atoms in total. The molecule has 1 heterocycles. The molecule has 1 aromatic heterocycles. The zero-order chi connectivity index (χ0) is 25.4. The van der Waals surface area contributed by atoms with Gasteiger partial charge >= 0.3 is 0 Å². The number of amides is 1. The van der Waals surface area contributed by atoms with Crippen LogP contribution in [0.15, 0.2) is 53.2 Å². The molecule has 0 aliphatic rings. The summed E-state index contributed by atoms with van der Waals surface area (Å²) in [4.78, 5) is 16.1. The van der Waals surface area contributed by atoms with Gasteiger partial charge in [-0.3, -0.25) is 10.1 Å². The lowest BCUT2D eigenvalue weighted by Crippen LogP contribution is -2.13. The summed E-state index contributed by atoms with van der Waals surface area (Å²) in [6.45, 7) is 5.09. The molecule has 182 valence electrons. The number of nitrogens with one attached hydrogen (secondary N) is 1. The Hall–Kier alpha value is -3.75.